The maximum Gasteiger partial charge on any atom is 0.224 e. The van der Waals surface area contributed by atoms with Crippen molar-refractivity contribution in [1.82, 2.24) is 5.32 Å². The number of halogens is 1. The zero-order valence-corrected chi connectivity index (χ0v) is 13.9. The topological polar surface area (TPSA) is 41.1 Å². The van der Waals surface area contributed by atoms with Gasteiger partial charge < -0.3 is 10.6 Å². The molecule has 1 amide bonds. The number of piperidine rings is 1. The van der Waals surface area contributed by atoms with Crippen LogP contribution >= 0.6 is 12.4 Å². The van der Waals surface area contributed by atoms with Crippen molar-refractivity contribution in [2.24, 2.45) is 5.92 Å². The van der Waals surface area contributed by atoms with E-state index in [4.69, 9.17) is 0 Å². The number of nitrogens with one attached hydrogen (secondary N) is 2. The fourth-order valence-corrected chi connectivity index (χ4v) is 2.94. The van der Waals surface area contributed by atoms with Gasteiger partial charge in [-0.25, -0.2) is 0 Å². The van der Waals surface area contributed by atoms with Crippen LogP contribution in [0.15, 0.2) is 54.6 Å². The van der Waals surface area contributed by atoms with E-state index in [2.05, 4.69) is 34.9 Å². The van der Waals surface area contributed by atoms with Crippen molar-refractivity contribution < 1.29 is 4.79 Å². The van der Waals surface area contributed by atoms with Crippen LogP contribution in [0.25, 0.3) is 11.1 Å². The molecule has 0 unspecified atom stereocenters. The number of anilines is 1. The molecular weight excluding hydrogens is 308 g/mol. The minimum atomic E-state index is 0. The zero-order valence-electron chi connectivity index (χ0n) is 13.1. The van der Waals surface area contributed by atoms with E-state index < -0.39 is 0 Å². The number of carbonyl (C=O) groups excluding carboxylic acids is 1. The van der Waals surface area contributed by atoms with Crippen molar-refractivity contribution in [2.45, 2.75) is 19.3 Å². The molecule has 1 fully saturated rings. The quantitative estimate of drug-likeness (QED) is 0.886. The molecule has 122 valence electrons. The van der Waals surface area contributed by atoms with Crippen LogP contribution in [0, 0.1) is 5.92 Å². The molecule has 3 nitrogen and oxygen atoms in total. The standard InChI is InChI=1S/C19H22N2O.ClH/c22-19(14-15-10-12-20-13-11-15)21-18-8-6-17(7-9-18)16-4-2-1-3-5-16;/h1-9,15,20H,10-14H2,(H,21,22);1H. The second-order valence-electron chi connectivity index (χ2n) is 5.89. The van der Waals surface area contributed by atoms with E-state index in [1.54, 1.807) is 0 Å². The Morgan fingerprint density at radius 2 is 1.57 bits per heavy atom. The van der Waals surface area contributed by atoms with Gasteiger partial charge in [0.25, 0.3) is 0 Å². The number of amides is 1. The van der Waals surface area contributed by atoms with Crippen LogP contribution in [0.3, 0.4) is 0 Å². The molecule has 4 heteroatoms. The molecule has 0 bridgehead atoms. The van der Waals surface area contributed by atoms with Gasteiger partial charge in [-0.1, -0.05) is 42.5 Å². The van der Waals surface area contributed by atoms with Gasteiger partial charge >= 0.3 is 0 Å². The van der Waals surface area contributed by atoms with Crippen LogP contribution in [0.2, 0.25) is 0 Å². The Morgan fingerprint density at radius 3 is 2.22 bits per heavy atom. The largest absolute Gasteiger partial charge is 0.326 e. The molecule has 0 aliphatic carbocycles. The Hall–Kier alpha value is -1.84. The smallest absolute Gasteiger partial charge is 0.224 e. The molecule has 2 aromatic rings. The van der Waals surface area contributed by atoms with Gasteiger partial charge in [-0.2, -0.15) is 0 Å². The highest BCUT2D eigenvalue weighted by molar-refractivity contribution is 5.91. The number of carbonyl (C=O) groups is 1. The van der Waals surface area contributed by atoms with Gasteiger partial charge in [-0.15, -0.1) is 12.4 Å². The Labute approximate surface area is 143 Å². The summed E-state index contributed by atoms with van der Waals surface area (Å²) in [7, 11) is 0. The summed E-state index contributed by atoms with van der Waals surface area (Å²) in [6.07, 6.45) is 2.82. The Morgan fingerprint density at radius 1 is 0.957 bits per heavy atom. The monoisotopic (exact) mass is 330 g/mol. The number of rotatable bonds is 4. The minimum Gasteiger partial charge on any atom is -0.326 e. The molecule has 3 rings (SSSR count). The molecule has 2 aromatic carbocycles. The summed E-state index contributed by atoms with van der Waals surface area (Å²) in [5.41, 5.74) is 3.23. The zero-order chi connectivity index (χ0) is 15.2. The first-order valence-corrected chi connectivity index (χ1v) is 7.97. The molecule has 2 N–H and O–H groups in total. The van der Waals surface area contributed by atoms with Crippen molar-refractivity contribution >= 4 is 24.0 Å². The van der Waals surface area contributed by atoms with Crippen LogP contribution in [0.4, 0.5) is 5.69 Å². The molecule has 0 saturated carbocycles. The van der Waals surface area contributed by atoms with Crippen LogP contribution in [0.1, 0.15) is 19.3 Å². The Kier molecular flexibility index (Phi) is 6.63. The normalized spacial score (nSPS) is 14.8. The predicted molar refractivity (Wildman–Crippen MR) is 98.0 cm³/mol. The van der Waals surface area contributed by atoms with Gasteiger partial charge in [0.1, 0.15) is 0 Å². The van der Waals surface area contributed by atoms with Crippen molar-refractivity contribution in [3.63, 3.8) is 0 Å². The summed E-state index contributed by atoms with van der Waals surface area (Å²) in [6.45, 7) is 2.06. The third-order valence-corrected chi connectivity index (χ3v) is 4.21. The average molecular weight is 331 g/mol. The van der Waals surface area contributed by atoms with Crippen molar-refractivity contribution in [1.29, 1.82) is 0 Å². The highest BCUT2D eigenvalue weighted by Gasteiger charge is 2.16. The first-order chi connectivity index (χ1) is 10.8. The van der Waals surface area contributed by atoms with Crippen molar-refractivity contribution in [3.8, 4) is 11.1 Å². The molecular formula is C19H23ClN2O. The van der Waals surface area contributed by atoms with Gasteiger partial charge in [0, 0.05) is 12.1 Å². The first kappa shape index (κ1) is 17.5. The van der Waals surface area contributed by atoms with E-state index in [0.29, 0.717) is 12.3 Å². The lowest BCUT2D eigenvalue weighted by Gasteiger charge is -2.21. The van der Waals surface area contributed by atoms with Crippen molar-refractivity contribution in [2.75, 3.05) is 18.4 Å². The minimum absolute atomic E-state index is 0. The molecule has 1 saturated heterocycles. The van der Waals surface area contributed by atoms with Crippen molar-refractivity contribution in [3.05, 3.63) is 54.6 Å². The maximum absolute atomic E-state index is 12.1. The predicted octanol–water partition coefficient (Wildman–Crippen LogP) is 4.10. The average Bonchev–Trinajstić information content (AvgIpc) is 2.57. The SMILES string of the molecule is Cl.O=C(CC1CCNCC1)Nc1ccc(-c2ccccc2)cc1. The van der Waals surface area contributed by atoms with Gasteiger partial charge in [-0.3, -0.25) is 4.79 Å². The summed E-state index contributed by atoms with van der Waals surface area (Å²) in [5, 5.41) is 6.34. The number of hydrogen-bond acceptors (Lipinski definition) is 2. The molecule has 1 aliphatic heterocycles. The molecule has 0 atom stereocenters. The van der Waals surface area contributed by atoms with Crippen LogP contribution in [-0.2, 0) is 4.79 Å². The highest BCUT2D eigenvalue weighted by Crippen LogP contribution is 2.22. The van der Waals surface area contributed by atoms with Gasteiger partial charge in [0.05, 0.1) is 0 Å². The third-order valence-electron chi connectivity index (χ3n) is 4.21. The van der Waals surface area contributed by atoms with E-state index >= 15 is 0 Å². The highest BCUT2D eigenvalue weighted by atomic mass is 35.5. The maximum atomic E-state index is 12.1. The third kappa shape index (κ3) is 5.08. The molecule has 0 radical (unpaired) electrons. The second-order valence-corrected chi connectivity index (χ2v) is 5.89. The van der Waals surface area contributed by atoms with Crippen LogP contribution in [-0.4, -0.2) is 19.0 Å². The molecule has 1 heterocycles. The summed E-state index contributed by atoms with van der Waals surface area (Å²) in [5.74, 6) is 0.643. The van der Waals surface area contributed by atoms with E-state index in [1.165, 1.54) is 5.56 Å². The molecule has 0 spiro atoms. The number of hydrogen-bond donors (Lipinski definition) is 2. The second kappa shape index (κ2) is 8.70. The van der Waals surface area contributed by atoms with E-state index in [-0.39, 0.29) is 18.3 Å². The van der Waals surface area contributed by atoms with Crippen LogP contribution in [0.5, 0.6) is 0 Å². The fraction of sp³-hybridized carbons (Fsp3) is 0.316. The summed E-state index contributed by atoms with van der Waals surface area (Å²) >= 11 is 0. The molecule has 0 aromatic heterocycles. The Bertz CT molecular complexity index is 607. The van der Waals surface area contributed by atoms with E-state index in [9.17, 15) is 4.79 Å². The number of benzene rings is 2. The lowest BCUT2D eigenvalue weighted by atomic mass is 9.94. The Balaban J connectivity index is 0.00000192. The summed E-state index contributed by atoms with van der Waals surface area (Å²) in [6, 6.07) is 18.3. The van der Waals surface area contributed by atoms with Gasteiger partial charge in [0.15, 0.2) is 0 Å². The van der Waals surface area contributed by atoms with E-state index in [1.807, 2.05) is 30.3 Å². The van der Waals surface area contributed by atoms with Crippen LogP contribution < -0.4 is 10.6 Å². The lowest BCUT2D eigenvalue weighted by Crippen LogP contribution is -2.30. The summed E-state index contributed by atoms with van der Waals surface area (Å²) < 4.78 is 0. The van der Waals surface area contributed by atoms with Gasteiger partial charge in [-0.05, 0) is 55.1 Å². The van der Waals surface area contributed by atoms with Gasteiger partial charge in [0.2, 0.25) is 5.91 Å². The lowest BCUT2D eigenvalue weighted by molar-refractivity contribution is -0.117. The fourth-order valence-electron chi connectivity index (χ4n) is 2.94. The van der Waals surface area contributed by atoms with E-state index in [0.717, 1.165) is 37.2 Å². The first-order valence-electron chi connectivity index (χ1n) is 7.97. The molecule has 1 aliphatic rings. The summed E-state index contributed by atoms with van der Waals surface area (Å²) in [4.78, 5) is 12.1. The molecule has 23 heavy (non-hydrogen) atoms.